The van der Waals surface area contributed by atoms with E-state index < -0.39 is 0 Å². The van der Waals surface area contributed by atoms with Gasteiger partial charge in [-0.15, -0.1) is 0 Å². The SMILES string of the molecule is CC/C=C(\CC)[Si]c1cccc(C=O)c1. The topological polar surface area (TPSA) is 17.1 Å². The van der Waals surface area contributed by atoms with Gasteiger partial charge in [0.1, 0.15) is 15.8 Å². The molecule has 0 spiro atoms. The molecule has 1 aromatic carbocycles. The van der Waals surface area contributed by atoms with Crippen molar-refractivity contribution in [1.29, 1.82) is 0 Å². The van der Waals surface area contributed by atoms with Crippen LogP contribution in [0.1, 0.15) is 37.0 Å². The van der Waals surface area contributed by atoms with Gasteiger partial charge >= 0.3 is 0 Å². The van der Waals surface area contributed by atoms with Crippen molar-refractivity contribution in [2.75, 3.05) is 0 Å². The van der Waals surface area contributed by atoms with E-state index in [-0.39, 0.29) is 0 Å². The summed E-state index contributed by atoms with van der Waals surface area (Å²) in [6.45, 7) is 4.33. The Morgan fingerprint density at radius 1 is 1.40 bits per heavy atom. The van der Waals surface area contributed by atoms with Crippen LogP contribution in [0.3, 0.4) is 0 Å². The summed E-state index contributed by atoms with van der Waals surface area (Å²) in [6, 6.07) is 7.86. The Morgan fingerprint density at radius 2 is 2.20 bits per heavy atom. The molecule has 2 radical (unpaired) electrons. The van der Waals surface area contributed by atoms with Crippen LogP contribution in [0.2, 0.25) is 0 Å². The molecule has 1 nitrogen and oxygen atoms in total. The third kappa shape index (κ3) is 3.84. The van der Waals surface area contributed by atoms with Crippen molar-refractivity contribution in [3.05, 3.63) is 41.1 Å². The lowest BCUT2D eigenvalue weighted by atomic mass is 10.2. The van der Waals surface area contributed by atoms with E-state index in [1.54, 1.807) is 0 Å². The Bertz CT molecular complexity index is 355. The molecular formula is C13H16OSi. The second-order valence-electron chi connectivity index (χ2n) is 3.36. The first-order valence-electron chi connectivity index (χ1n) is 5.31. The van der Waals surface area contributed by atoms with Crippen LogP contribution in [-0.4, -0.2) is 15.8 Å². The van der Waals surface area contributed by atoms with Crippen molar-refractivity contribution in [3.63, 3.8) is 0 Å². The predicted octanol–water partition coefficient (Wildman–Crippen LogP) is 2.53. The second-order valence-corrected chi connectivity index (χ2v) is 4.83. The van der Waals surface area contributed by atoms with Crippen LogP contribution in [-0.2, 0) is 0 Å². The van der Waals surface area contributed by atoms with E-state index >= 15 is 0 Å². The molecule has 0 saturated heterocycles. The lowest BCUT2D eigenvalue weighted by molar-refractivity contribution is 0.112. The maximum absolute atomic E-state index is 10.6. The lowest BCUT2D eigenvalue weighted by Crippen LogP contribution is -2.16. The molecule has 0 fully saturated rings. The first-order valence-corrected chi connectivity index (χ1v) is 6.31. The van der Waals surface area contributed by atoms with E-state index in [2.05, 4.69) is 26.0 Å². The van der Waals surface area contributed by atoms with Crippen LogP contribution in [0.15, 0.2) is 35.5 Å². The first kappa shape index (κ1) is 11.9. The van der Waals surface area contributed by atoms with E-state index in [9.17, 15) is 4.79 Å². The number of rotatable bonds is 5. The number of hydrogen-bond acceptors (Lipinski definition) is 1. The highest BCUT2D eigenvalue weighted by molar-refractivity contribution is 6.61. The molecular weight excluding hydrogens is 200 g/mol. The number of allylic oxidation sites excluding steroid dienone is 2. The highest BCUT2D eigenvalue weighted by Crippen LogP contribution is 2.01. The summed E-state index contributed by atoms with van der Waals surface area (Å²) >= 11 is 0. The third-order valence-corrected chi connectivity index (χ3v) is 3.64. The van der Waals surface area contributed by atoms with E-state index in [1.807, 2.05) is 18.2 Å². The fourth-order valence-electron chi connectivity index (χ4n) is 1.41. The molecule has 1 aromatic rings. The summed E-state index contributed by atoms with van der Waals surface area (Å²) in [7, 11) is 0.704. The van der Waals surface area contributed by atoms with Crippen LogP contribution in [0, 0.1) is 0 Å². The molecule has 78 valence electrons. The fourth-order valence-corrected chi connectivity index (χ4v) is 2.68. The number of hydrogen-bond donors (Lipinski definition) is 0. The molecule has 2 heteroatoms. The molecule has 0 aromatic heterocycles. The van der Waals surface area contributed by atoms with Crippen molar-refractivity contribution < 1.29 is 4.79 Å². The zero-order chi connectivity index (χ0) is 11.1. The molecule has 1 rings (SSSR count). The lowest BCUT2D eigenvalue weighted by Gasteiger charge is -2.03. The number of benzene rings is 1. The molecule has 0 unspecified atom stereocenters. The number of aldehydes is 1. The average Bonchev–Trinajstić information content (AvgIpc) is 2.29. The molecule has 0 atom stereocenters. The van der Waals surface area contributed by atoms with Crippen LogP contribution in [0.25, 0.3) is 0 Å². The summed E-state index contributed by atoms with van der Waals surface area (Å²) in [6.07, 6.45) is 5.37. The largest absolute Gasteiger partial charge is 0.298 e. The Kier molecular flexibility index (Phi) is 5.05. The second kappa shape index (κ2) is 6.35. The van der Waals surface area contributed by atoms with Gasteiger partial charge in [-0.2, -0.15) is 0 Å². The van der Waals surface area contributed by atoms with Crippen LogP contribution in [0.4, 0.5) is 0 Å². The smallest absolute Gasteiger partial charge is 0.150 e. The van der Waals surface area contributed by atoms with Crippen molar-refractivity contribution in [2.24, 2.45) is 0 Å². The van der Waals surface area contributed by atoms with Gasteiger partial charge in [-0.1, -0.05) is 54.6 Å². The summed E-state index contributed by atoms with van der Waals surface area (Å²) in [5, 5.41) is 2.72. The van der Waals surface area contributed by atoms with E-state index in [4.69, 9.17) is 0 Å². The fraction of sp³-hybridized carbons (Fsp3) is 0.308. The van der Waals surface area contributed by atoms with Gasteiger partial charge in [0.15, 0.2) is 0 Å². The van der Waals surface area contributed by atoms with Crippen molar-refractivity contribution in [3.8, 4) is 0 Å². The van der Waals surface area contributed by atoms with Gasteiger partial charge in [0.05, 0.1) is 0 Å². The number of carbonyl (C=O) groups excluding carboxylic acids is 1. The van der Waals surface area contributed by atoms with E-state index in [0.717, 1.165) is 24.7 Å². The molecule has 0 N–H and O–H groups in total. The van der Waals surface area contributed by atoms with Gasteiger partial charge in [0.2, 0.25) is 0 Å². The Morgan fingerprint density at radius 3 is 2.80 bits per heavy atom. The summed E-state index contributed by atoms with van der Waals surface area (Å²) in [4.78, 5) is 10.6. The van der Waals surface area contributed by atoms with Gasteiger partial charge in [0, 0.05) is 5.56 Å². The molecule has 0 heterocycles. The zero-order valence-electron chi connectivity index (χ0n) is 9.29. The summed E-state index contributed by atoms with van der Waals surface area (Å²) < 4.78 is 0. The Hall–Kier alpha value is -1.15. The van der Waals surface area contributed by atoms with E-state index in [1.165, 1.54) is 10.4 Å². The number of carbonyl (C=O) groups is 1. The molecule has 0 aliphatic carbocycles. The zero-order valence-corrected chi connectivity index (χ0v) is 10.3. The molecule has 0 aliphatic rings. The minimum Gasteiger partial charge on any atom is -0.298 e. The molecule has 0 bridgehead atoms. The normalized spacial score (nSPS) is 11.5. The molecule has 15 heavy (non-hydrogen) atoms. The average molecular weight is 216 g/mol. The van der Waals surface area contributed by atoms with Gasteiger partial charge < -0.3 is 0 Å². The van der Waals surface area contributed by atoms with Gasteiger partial charge in [-0.3, -0.25) is 4.79 Å². The minimum atomic E-state index is 0.704. The minimum absolute atomic E-state index is 0.704. The third-order valence-electron chi connectivity index (χ3n) is 2.16. The van der Waals surface area contributed by atoms with Crippen molar-refractivity contribution in [2.45, 2.75) is 26.7 Å². The highest BCUT2D eigenvalue weighted by Gasteiger charge is 2.00. The maximum Gasteiger partial charge on any atom is 0.150 e. The van der Waals surface area contributed by atoms with Crippen molar-refractivity contribution in [1.82, 2.24) is 0 Å². The van der Waals surface area contributed by atoms with Gasteiger partial charge in [-0.25, -0.2) is 0 Å². The van der Waals surface area contributed by atoms with Crippen LogP contribution in [0.5, 0.6) is 0 Å². The van der Waals surface area contributed by atoms with Crippen LogP contribution < -0.4 is 5.19 Å². The predicted molar refractivity (Wildman–Crippen MR) is 65.9 cm³/mol. The molecule has 0 aliphatic heterocycles. The maximum atomic E-state index is 10.6. The summed E-state index contributed by atoms with van der Waals surface area (Å²) in [5.41, 5.74) is 0.770. The Balaban J connectivity index is 2.78. The van der Waals surface area contributed by atoms with Gasteiger partial charge in [-0.05, 0) is 12.8 Å². The Labute approximate surface area is 94.0 Å². The summed E-state index contributed by atoms with van der Waals surface area (Å²) in [5.74, 6) is 0. The van der Waals surface area contributed by atoms with Gasteiger partial charge in [0.25, 0.3) is 0 Å². The van der Waals surface area contributed by atoms with E-state index in [0.29, 0.717) is 9.52 Å². The van der Waals surface area contributed by atoms with Crippen molar-refractivity contribution >= 4 is 21.0 Å². The highest BCUT2D eigenvalue weighted by atomic mass is 28.2. The molecule has 0 saturated carbocycles. The molecule has 0 amide bonds. The monoisotopic (exact) mass is 216 g/mol. The van der Waals surface area contributed by atoms with Crippen LogP contribution >= 0.6 is 0 Å². The first-order chi connectivity index (χ1) is 7.30. The quantitative estimate of drug-likeness (QED) is 0.546. The standard InChI is InChI=1S/C13H16OSi/c1-3-6-12(4-2)15-13-8-5-7-11(9-13)10-14/h5-10H,3-4H2,1-2H3/b12-6+.